The van der Waals surface area contributed by atoms with Gasteiger partial charge in [-0.1, -0.05) is 0 Å². The molecule has 1 aromatic rings. The summed E-state index contributed by atoms with van der Waals surface area (Å²) in [5.41, 5.74) is 1.16. The molecule has 0 amide bonds. The first-order valence-electron chi connectivity index (χ1n) is 6.24. The molecule has 0 aliphatic carbocycles. The monoisotopic (exact) mass is 253 g/mol. The summed E-state index contributed by atoms with van der Waals surface area (Å²) in [7, 11) is 0. The lowest BCUT2D eigenvalue weighted by molar-refractivity contribution is -0.142. The molecule has 6 heteroatoms. The van der Waals surface area contributed by atoms with Gasteiger partial charge >= 0.3 is 5.97 Å². The van der Waals surface area contributed by atoms with Crippen molar-refractivity contribution in [3.05, 3.63) is 18.0 Å². The van der Waals surface area contributed by atoms with E-state index in [1.165, 1.54) is 0 Å². The maximum atomic E-state index is 10.7. The average Bonchev–Trinajstić information content (AvgIpc) is 2.76. The highest BCUT2D eigenvalue weighted by molar-refractivity contribution is 5.67. The molecule has 2 heterocycles. The van der Waals surface area contributed by atoms with Gasteiger partial charge in [0.1, 0.15) is 0 Å². The summed E-state index contributed by atoms with van der Waals surface area (Å²) in [5, 5.41) is 13.0. The van der Waals surface area contributed by atoms with E-state index >= 15 is 0 Å². The average molecular weight is 253 g/mol. The lowest BCUT2D eigenvalue weighted by atomic mass is 10.2. The highest BCUT2D eigenvalue weighted by atomic mass is 16.5. The van der Waals surface area contributed by atoms with Gasteiger partial charge in [0.05, 0.1) is 25.3 Å². The molecular weight excluding hydrogens is 234 g/mol. The molecule has 1 unspecified atom stereocenters. The number of ether oxygens (including phenoxy) is 1. The van der Waals surface area contributed by atoms with E-state index in [1.54, 1.807) is 0 Å². The van der Waals surface area contributed by atoms with Crippen LogP contribution in [0.25, 0.3) is 0 Å². The van der Waals surface area contributed by atoms with Crippen LogP contribution in [0.2, 0.25) is 0 Å². The van der Waals surface area contributed by atoms with Crippen LogP contribution in [0.15, 0.2) is 12.4 Å². The predicted octanol–water partition coefficient (Wildman–Crippen LogP) is 0.578. The fourth-order valence-electron chi connectivity index (χ4n) is 2.16. The Kier molecular flexibility index (Phi) is 4.33. The third-order valence-corrected chi connectivity index (χ3v) is 3.04. The molecule has 0 aromatic carbocycles. The van der Waals surface area contributed by atoms with Gasteiger partial charge in [-0.05, 0) is 6.92 Å². The minimum absolute atomic E-state index is 0.0741. The smallest absolute Gasteiger partial charge is 0.306 e. The Morgan fingerprint density at radius 2 is 2.50 bits per heavy atom. The zero-order chi connectivity index (χ0) is 13.0. The SMILES string of the molecule is CCn1cc(CN2CCOC(CC(=O)O)C2)cn1. The van der Waals surface area contributed by atoms with Crippen LogP contribution in [0, 0.1) is 0 Å². The Hall–Kier alpha value is -1.40. The van der Waals surface area contributed by atoms with Crippen LogP contribution in [-0.2, 0) is 22.6 Å². The van der Waals surface area contributed by atoms with E-state index < -0.39 is 5.97 Å². The van der Waals surface area contributed by atoms with Crippen molar-refractivity contribution in [1.29, 1.82) is 0 Å². The van der Waals surface area contributed by atoms with Gasteiger partial charge in [0.25, 0.3) is 0 Å². The van der Waals surface area contributed by atoms with Crippen LogP contribution in [0.1, 0.15) is 18.9 Å². The first-order valence-corrected chi connectivity index (χ1v) is 6.24. The second kappa shape index (κ2) is 5.97. The van der Waals surface area contributed by atoms with Crippen molar-refractivity contribution in [2.75, 3.05) is 19.7 Å². The lowest BCUT2D eigenvalue weighted by Gasteiger charge is -2.31. The molecule has 1 aliphatic heterocycles. The number of morpholine rings is 1. The number of carboxylic acid groups (broad SMARTS) is 1. The number of hydrogen-bond donors (Lipinski definition) is 1. The molecule has 18 heavy (non-hydrogen) atoms. The predicted molar refractivity (Wildman–Crippen MR) is 65.2 cm³/mol. The van der Waals surface area contributed by atoms with E-state index in [1.807, 2.05) is 17.1 Å². The first kappa shape index (κ1) is 13.0. The summed E-state index contributed by atoms with van der Waals surface area (Å²) in [6.45, 7) is 5.83. The van der Waals surface area contributed by atoms with Crippen molar-refractivity contribution in [2.45, 2.75) is 32.5 Å². The molecule has 100 valence electrons. The quantitative estimate of drug-likeness (QED) is 0.831. The molecule has 0 radical (unpaired) electrons. The van der Waals surface area contributed by atoms with Crippen LogP contribution in [0.5, 0.6) is 0 Å². The van der Waals surface area contributed by atoms with Crippen molar-refractivity contribution < 1.29 is 14.6 Å². The molecule has 0 spiro atoms. The van der Waals surface area contributed by atoms with Crippen molar-refractivity contribution >= 4 is 5.97 Å². The minimum Gasteiger partial charge on any atom is -0.481 e. The number of carbonyl (C=O) groups is 1. The third-order valence-electron chi connectivity index (χ3n) is 3.04. The standard InChI is InChI=1S/C12H19N3O3/c1-2-15-8-10(6-13-15)7-14-3-4-18-11(9-14)5-12(16)17/h6,8,11H,2-5,7,9H2,1H3,(H,16,17). The number of aromatic nitrogens is 2. The molecule has 1 fully saturated rings. The van der Waals surface area contributed by atoms with Crippen LogP contribution in [0.4, 0.5) is 0 Å². The van der Waals surface area contributed by atoms with E-state index in [2.05, 4.69) is 16.9 Å². The van der Waals surface area contributed by atoms with Crippen molar-refractivity contribution in [2.24, 2.45) is 0 Å². The number of carboxylic acids is 1. The molecule has 1 saturated heterocycles. The summed E-state index contributed by atoms with van der Waals surface area (Å²) in [4.78, 5) is 12.9. The van der Waals surface area contributed by atoms with Gasteiger partial charge in [0, 0.05) is 37.9 Å². The third kappa shape index (κ3) is 3.54. The largest absolute Gasteiger partial charge is 0.481 e. The van der Waals surface area contributed by atoms with E-state index in [0.29, 0.717) is 13.2 Å². The lowest BCUT2D eigenvalue weighted by Crippen LogP contribution is -2.42. The summed E-state index contributed by atoms with van der Waals surface area (Å²) < 4.78 is 7.33. The number of hydrogen-bond acceptors (Lipinski definition) is 4. The Morgan fingerprint density at radius 3 is 3.17 bits per heavy atom. The maximum absolute atomic E-state index is 10.7. The molecule has 1 aliphatic rings. The fourth-order valence-corrected chi connectivity index (χ4v) is 2.16. The van der Waals surface area contributed by atoms with E-state index in [-0.39, 0.29) is 12.5 Å². The van der Waals surface area contributed by atoms with Crippen molar-refractivity contribution in [3.63, 3.8) is 0 Å². The topological polar surface area (TPSA) is 67.6 Å². The number of aliphatic carboxylic acids is 1. The second-order valence-electron chi connectivity index (χ2n) is 4.53. The zero-order valence-corrected chi connectivity index (χ0v) is 10.6. The zero-order valence-electron chi connectivity index (χ0n) is 10.6. The molecule has 0 saturated carbocycles. The Balaban J connectivity index is 1.87. The summed E-state index contributed by atoms with van der Waals surface area (Å²) in [6, 6.07) is 0. The molecule has 1 atom stereocenters. The first-order chi connectivity index (χ1) is 8.67. The van der Waals surface area contributed by atoms with Gasteiger partial charge in [-0.3, -0.25) is 14.4 Å². The molecule has 6 nitrogen and oxygen atoms in total. The highest BCUT2D eigenvalue weighted by Crippen LogP contribution is 2.12. The summed E-state index contributed by atoms with van der Waals surface area (Å²) in [6.07, 6.45) is 3.77. The summed E-state index contributed by atoms with van der Waals surface area (Å²) >= 11 is 0. The molecule has 0 bridgehead atoms. The molecule has 1 aromatic heterocycles. The van der Waals surface area contributed by atoms with Gasteiger partial charge in [0.2, 0.25) is 0 Å². The van der Waals surface area contributed by atoms with Crippen molar-refractivity contribution in [3.8, 4) is 0 Å². The Morgan fingerprint density at radius 1 is 1.67 bits per heavy atom. The van der Waals surface area contributed by atoms with Crippen LogP contribution < -0.4 is 0 Å². The highest BCUT2D eigenvalue weighted by Gasteiger charge is 2.22. The maximum Gasteiger partial charge on any atom is 0.306 e. The van der Waals surface area contributed by atoms with E-state index in [4.69, 9.17) is 9.84 Å². The summed E-state index contributed by atoms with van der Waals surface area (Å²) in [5.74, 6) is -0.805. The van der Waals surface area contributed by atoms with Crippen LogP contribution >= 0.6 is 0 Å². The van der Waals surface area contributed by atoms with Crippen molar-refractivity contribution in [1.82, 2.24) is 14.7 Å². The van der Waals surface area contributed by atoms with Gasteiger partial charge in [-0.15, -0.1) is 0 Å². The van der Waals surface area contributed by atoms with Crippen LogP contribution in [0.3, 0.4) is 0 Å². The van der Waals surface area contributed by atoms with E-state index in [0.717, 1.165) is 25.2 Å². The molecule has 1 N–H and O–H groups in total. The van der Waals surface area contributed by atoms with Gasteiger partial charge < -0.3 is 9.84 Å². The van der Waals surface area contributed by atoms with Gasteiger partial charge in [0.15, 0.2) is 0 Å². The normalized spacial score (nSPS) is 21.1. The number of aryl methyl sites for hydroxylation is 1. The molecular formula is C12H19N3O3. The fraction of sp³-hybridized carbons (Fsp3) is 0.667. The second-order valence-corrected chi connectivity index (χ2v) is 4.53. The van der Waals surface area contributed by atoms with Crippen LogP contribution in [-0.4, -0.2) is 51.6 Å². The van der Waals surface area contributed by atoms with Gasteiger partial charge in [-0.2, -0.15) is 5.10 Å². The molecule has 2 rings (SSSR count). The van der Waals surface area contributed by atoms with Gasteiger partial charge in [-0.25, -0.2) is 0 Å². The minimum atomic E-state index is -0.805. The Labute approximate surface area is 106 Å². The Bertz CT molecular complexity index is 405. The number of nitrogens with zero attached hydrogens (tertiary/aromatic N) is 3. The number of rotatable bonds is 5. The van der Waals surface area contributed by atoms with E-state index in [9.17, 15) is 4.79 Å².